The van der Waals surface area contributed by atoms with Crippen molar-refractivity contribution in [2.24, 2.45) is 5.92 Å². The van der Waals surface area contributed by atoms with E-state index in [1.807, 2.05) is 20.8 Å². The number of amides is 1. The first kappa shape index (κ1) is 14.2. The van der Waals surface area contributed by atoms with Crippen LogP contribution in [0.15, 0.2) is 18.2 Å². The van der Waals surface area contributed by atoms with E-state index in [1.54, 1.807) is 18.2 Å². The Bertz CT molecular complexity index is 452. The van der Waals surface area contributed by atoms with Crippen LogP contribution >= 0.6 is 0 Å². The molecule has 0 heterocycles. The Morgan fingerprint density at radius 2 is 2.00 bits per heavy atom. The molecular formula is C14H19NO3. The summed E-state index contributed by atoms with van der Waals surface area (Å²) in [5.41, 5.74) is 2.06. The van der Waals surface area contributed by atoms with Crippen molar-refractivity contribution in [3.63, 3.8) is 0 Å². The summed E-state index contributed by atoms with van der Waals surface area (Å²) in [5.74, 6) is -0.0725. The number of methoxy groups -OCH3 is 1. The van der Waals surface area contributed by atoms with Crippen LogP contribution in [0.1, 0.15) is 36.2 Å². The van der Waals surface area contributed by atoms with Crippen molar-refractivity contribution in [1.82, 2.24) is 0 Å². The van der Waals surface area contributed by atoms with Crippen molar-refractivity contribution < 1.29 is 14.3 Å². The van der Waals surface area contributed by atoms with Crippen LogP contribution in [0, 0.1) is 12.8 Å². The largest absolute Gasteiger partial charge is 0.465 e. The number of hydrogen-bond acceptors (Lipinski definition) is 3. The number of benzene rings is 1. The molecule has 0 fully saturated rings. The lowest BCUT2D eigenvalue weighted by molar-refractivity contribution is -0.116. The quantitative estimate of drug-likeness (QED) is 0.835. The molecule has 1 rings (SSSR count). The van der Waals surface area contributed by atoms with Gasteiger partial charge in [-0.15, -0.1) is 0 Å². The Balaban J connectivity index is 2.80. The van der Waals surface area contributed by atoms with Crippen LogP contribution in [0.3, 0.4) is 0 Å². The van der Waals surface area contributed by atoms with Crippen molar-refractivity contribution in [3.8, 4) is 0 Å². The average Bonchev–Trinajstić information content (AvgIpc) is 2.29. The molecule has 0 aliphatic carbocycles. The van der Waals surface area contributed by atoms with Gasteiger partial charge in [0, 0.05) is 12.1 Å². The predicted octanol–water partition coefficient (Wildman–Crippen LogP) is 2.77. The Labute approximate surface area is 107 Å². The molecule has 0 bridgehead atoms. The van der Waals surface area contributed by atoms with Gasteiger partial charge in [0.2, 0.25) is 5.91 Å². The molecule has 98 valence electrons. The van der Waals surface area contributed by atoms with Crippen LogP contribution in [0.4, 0.5) is 5.69 Å². The van der Waals surface area contributed by atoms with Crippen LogP contribution in [-0.4, -0.2) is 19.0 Å². The zero-order valence-electron chi connectivity index (χ0n) is 11.2. The van der Waals surface area contributed by atoms with Gasteiger partial charge in [-0.05, 0) is 36.6 Å². The Hall–Kier alpha value is -1.84. The normalized spacial score (nSPS) is 10.3. The summed E-state index contributed by atoms with van der Waals surface area (Å²) in [4.78, 5) is 23.0. The number of ether oxygens (including phenoxy) is 1. The van der Waals surface area contributed by atoms with Crippen LogP contribution < -0.4 is 5.32 Å². The standard InChI is InChI=1S/C14H19NO3/c1-9(2)7-13(16)15-12-6-5-11(8-10(12)3)14(17)18-4/h5-6,8-9H,7H2,1-4H3,(H,15,16). The van der Waals surface area contributed by atoms with Crippen molar-refractivity contribution in [1.29, 1.82) is 0 Å². The zero-order valence-corrected chi connectivity index (χ0v) is 11.2. The van der Waals surface area contributed by atoms with Gasteiger partial charge in [0.15, 0.2) is 0 Å². The third-order valence-electron chi connectivity index (χ3n) is 2.52. The molecule has 1 N–H and O–H groups in total. The van der Waals surface area contributed by atoms with Crippen molar-refractivity contribution in [3.05, 3.63) is 29.3 Å². The monoisotopic (exact) mass is 249 g/mol. The van der Waals surface area contributed by atoms with Gasteiger partial charge in [0.25, 0.3) is 0 Å². The lowest BCUT2D eigenvalue weighted by Gasteiger charge is -2.10. The molecular weight excluding hydrogens is 230 g/mol. The van der Waals surface area contributed by atoms with Crippen LogP contribution in [0.25, 0.3) is 0 Å². The van der Waals surface area contributed by atoms with Crippen molar-refractivity contribution in [2.75, 3.05) is 12.4 Å². The molecule has 0 saturated carbocycles. The second-order valence-electron chi connectivity index (χ2n) is 4.67. The third-order valence-corrected chi connectivity index (χ3v) is 2.52. The maximum Gasteiger partial charge on any atom is 0.337 e. The van der Waals surface area contributed by atoms with Gasteiger partial charge in [0.1, 0.15) is 0 Å². The summed E-state index contributed by atoms with van der Waals surface area (Å²) >= 11 is 0. The minimum absolute atomic E-state index is 0.0149. The molecule has 0 spiro atoms. The van der Waals surface area contributed by atoms with Crippen molar-refractivity contribution in [2.45, 2.75) is 27.2 Å². The number of aryl methyl sites for hydroxylation is 1. The molecule has 1 aromatic carbocycles. The molecule has 0 unspecified atom stereocenters. The fourth-order valence-electron chi connectivity index (χ4n) is 1.62. The maximum absolute atomic E-state index is 11.6. The third kappa shape index (κ3) is 3.87. The van der Waals surface area contributed by atoms with Crippen molar-refractivity contribution >= 4 is 17.6 Å². The molecule has 0 saturated heterocycles. The van der Waals surface area contributed by atoms with Crippen LogP contribution in [0.5, 0.6) is 0 Å². The zero-order chi connectivity index (χ0) is 13.7. The Morgan fingerprint density at radius 1 is 1.33 bits per heavy atom. The van der Waals surface area contributed by atoms with E-state index in [-0.39, 0.29) is 11.9 Å². The number of esters is 1. The SMILES string of the molecule is COC(=O)c1ccc(NC(=O)CC(C)C)c(C)c1. The highest BCUT2D eigenvalue weighted by atomic mass is 16.5. The summed E-state index contributed by atoms with van der Waals surface area (Å²) < 4.78 is 4.64. The summed E-state index contributed by atoms with van der Waals surface area (Å²) in [5, 5.41) is 2.83. The van der Waals surface area contributed by atoms with E-state index < -0.39 is 0 Å². The van der Waals surface area contributed by atoms with Gasteiger partial charge in [-0.1, -0.05) is 13.8 Å². The number of carbonyl (C=O) groups excluding carboxylic acids is 2. The topological polar surface area (TPSA) is 55.4 Å². The van der Waals surface area contributed by atoms with Gasteiger partial charge < -0.3 is 10.1 Å². The fourth-order valence-corrected chi connectivity index (χ4v) is 1.62. The lowest BCUT2D eigenvalue weighted by atomic mass is 10.1. The van der Waals surface area contributed by atoms with Crippen LogP contribution in [-0.2, 0) is 9.53 Å². The van der Waals surface area contributed by atoms with Gasteiger partial charge in [0.05, 0.1) is 12.7 Å². The highest BCUT2D eigenvalue weighted by molar-refractivity contribution is 5.94. The maximum atomic E-state index is 11.6. The minimum atomic E-state index is -0.377. The first-order chi connectivity index (χ1) is 8.43. The summed E-state index contributed by atoms with van der Waals surface area (Å²) in [6.07, 6.45) is 0.484. The molecule has 4 heteroatoms. The van der Waals surface area contributed by atoms with E-state index in [2.05, 4.69) is 10.1 Å². The molecule has 0 aromatic heterocycles. The van der Waals surface area contributed by atoms with E-state index in [1.165, 1.54) is 7.11 Å². The summed E-state index contributed by atoms with van der Waals surface area (Å²) in [7, 11) is 1.34. The average molecular weight is 249 g/mol. The second-order valence-corrected chi connectivity index (χ2v) is 4.67. The molecule has 0 aliphatic heterocycles. The van der Waals surface area contributed by atoms with Gasteiger partial charge >= 0.3 is 5.97 Å². The number of hydrogen-bond donors (Lipinski definition) is 1. The van der Waals surface area contributed by atoms with Crippen LogP contribution in [0.2, 0.25) is 0 Å². The summed E-state index contributed by atoms with van der Waals surface area (Å²) in [6.45, 7) is 5.83. The molecule has 0 radical (unpaired) electrons. The molecule has 18 heavy (non-hydrogen) atoms. The fraction of sp³-hybridized carbons (Fsp3) is 0.429. The van der Waals surface area contributed by atoms with E-state index in [9.17, 15) is 9.59 Å². The van der Waals surface area contributed by atoms with Gasteiger partial charge in [-0.3, -0.25) is 4.79 Å². The first-order valence-corrected chi connectivity index (χ1v) is 5.93. The molecule has 0 aliphatic rings. The number of carbonyl (C=O) groups is 2. The molecule has 1 aromatic rings. The molecule has 4 nitrogen and oxygen atoms in total. The van der Waals surface area contributed by atoms with E-state index in [0.29, 0.717) is 17.9 Å². The number of rotatable bonds is 4. The number of anilines is 1. The minimum Gasteiger partial charge on any atom is -0.465 e. The van der Waals surface area contributed by atoms with E-state index >= 15 is 0 Å². The highest BCUT2D eigenvalue weighted by Gasteiger charge is 2.10. The second kappa shape index (κ2) is 6.19. The molecule has 1 amide bonds. The van der Waals surface area contributed by atoms with E-state index in [4.69, 9.17) is 0 Å². The predicted molar refractivity (Wildman–Crippen MR) is 70.6 cm³/mol. The Morgan fingerprint density at radius 3 is 2.50 bits per heavy atom. The number of nitrogens with one attached hydrogen (secondary N) is 1. The van der Waals surface area contributed by atoms with Gasteiger partial charge in [-0.25, -0.2) is 4.79 Å². The smallest absolute Gasteiger partial charge is 0.337 e. The lowest BCUT2D eigenvalue weighted by Crippen LogP contribution is -2.15. The molecule has 0 atom stereocenters. The van der Waals surface area contributed by atoms with Gasteiger partial charge in [-0.2, -0.15) is 0 Å². The summed E-state index contributed by atoms with van der Waals surface area (Å²) in [6, 6.07) is 5.07. The highest BCUT2D eigenvalue weighted by Crippen LogP contribution is 2.17. The van der Waals surface area contributed by atoms with E-state index in [0.717, 1.165) is 11.3 Å². The first-order valence-electron chi connectivity index (χ1n) is 5.93. The Kier molecular flexibility index (Phi) is 4.89.